The standard InChI is InChI=1S/C19H28O3Si/c1-7-8-11-16(18(20)21)13-15-10-9-12-17(14-15)22-23(5,6)19(2,3)4/h1,9-10,12,14,16H,8,11,13H2,2-6H3,(H,20,21)/t16-/m1/s1. The first-order chi connectivity index (χ1) is 10.6. The molecule has 0 aliphatic heterocycles. The molecule has 0 saturated heterocycles. The number of carbonyl (C=O) groups is 1. The molecule has 0 aliphatic rings. The lowest BCUT2D eigenvalue weighted by Crippen LogP contribution is -2.43. The van der Waals surface area contributed by atoms with Crippen molar-refractivity contribution in [3.8, 4) is 18.1 Å². The van der Waals surface area contributed by atoms with Crippen LogP contribution in [0, 0.1) is 18.3 Å². The van der Waals surface area contributed by atoms with Crippen LogP contribution in [0.3, 0.4) is 0 Å². The summed E-state index contributed by atoms with van der Waals surface area (Å²) in [5.41, 5.74) is 0.977. The van der Waals surface area contributed by atoms with E-state index in [9.17, 15) is 9.90 Å². The summed E-state index contributed by atoms with van der Waals surface area (Å²) < 4.78 is 6.29. The van der Waals surface area contributed by atoms with Gasteiger partial charge in [-0.15, -0.1) is 12.3 Å². The highest BCUT2D eigenvalue weighted by Gasteiger charge is 2.38. The van der Waals surface area contributed by atoms with E-state index in [-0.39, 0.29) is 5.04 Å². The molecule has 0 radical (unpaired) electrons. The summed E-state index contributed by atoms with van der Waals surface area (Å²) in [6.45, 7) is 11.0. The van der Waals surface area contributed by atoms with Crippen LogP contribution in [-0.2, 0) is 11.2 Å². The zero-order valence-electron chi connectivity index (χ0n) is 14.8. The smallest absolute Gasteiger partial charge is 0.306 e. The molecule has 3 nitrogen and oxygen atoms in total. The van der Waals surface area contributed by atoms with Crippen LogP contribution < -0.4 is 4.43 Å². The maximum absolute atomic E-state index is 11.4. The minimum atomic E-state index is -1.89. The predicted molar refractivity (Wildman–Crippen MR) is 97.2 cm³/mol. The molecule has 0 bridgehead atoms. The number of hydrogen-bond acceptors (Lipinski definition) is 2. The number of carboxylic acids is 1. The lowest BCUT2D eigenvalue weighted by Gasteiger charge is -2.36. The van der Waals surface area contributed by atoms with Gasteiger partial charge in [0.1, 0.15) is 5.75 Å². The summed E-state index contributed by atoms with van der Waals surface area (Å²) in [7, 11) is -1.89. The third-order valence-electron chi connectivity index (χ3n) is 4.55. The molecule has 0 amide bonds. The normalized spacial score (nSPS) is 13.2. The van der Waals surface area contributed by atoms with E-state index in [1.807, 2.05) is 24.3 Å². The Balaban J connectivity index is 2.88. The molecule has 126 valence electrons. The van der Waals surface area contributed by atoms with Crippen molar-refractivity contribution in [3.05, 3.63) is 29.8 Å². The van der Waals surface area contributed by atoms with Crippen LogP contribution in [0.25, 0.3) is 0 Å². The Hall–Kier alpha value is -1.73. The molecule has 0 fully saturated rings. The van der Waals surface area contributed by atoms with Gasteiger partial charge in [0, 0.05) is 6.42 Å². The number of benzene rings is 1. The van der Waals surface area contributed by atoms with Gasteiger partial charge in [-0.2, -0.15) is 0 Å². The van der Waals surface area contributed by atoms with Crippen LogP contribution in [0.5, 0.6) is 5.75 Å². The van der Waals surface area contributed by atoms with Gasteiger partial charge in [0.2, 0.25) is 8.32 Å². The molecule has 0 heterocycles. The summed E-state index contributed by atoms with van der Waals surface area (Å²) in [6, 6.07) is 7.79. The van der Waals surface area contributed by atoms with Crippen molar-refractivity contribution < 1.29 is 14.3 Å². The van der Waals surface area contributed by atoms with Gasteiger partial charge < -0.3 is 9.53 Å². The van der Waals surface area contributed by atoms with Crippen LogP contribution in [0.1, 0.15) is 39.2 Å². The third-order valence-corrected chi connectivity index (χ3v) is 8.90. The number of aliphatic carboxylic acids is 1. The van der Waals surface area contributed by atoms with Crippen molar-refractivity contribution >= 4 is 14.3 Å². The van der Waals surface area contributed by atoms with Crippen molar-refractivity contribution in [3.63, 3.8) is 0 Å². The molecule has 0 aromatic heterocycles. The number of carboxylic acid groups (broad SMARTS) is 1. The molecule has 4 heteroatoms. The van der Waals surface area contributed by atoms with Crippen LogP contribution in [0.4, 0.5) is 0 Å². The maximum Gasteiger partial charge on any atom is 0.306 e. The van der Waals surface area contributed by atoms with Gasteiger partial charge in [-0.3, -0.25) is 4.79 Å². The zero-order chi connectivity index (χ0) is 17.7. The molecule has 0 unspecified atom stereocenters. The Bertz CT molecular complexity index is 579. The lowest BCUT2D eigenvalue weighted by molar-refractivity contribution is -0.141. The van der Waals surface area contributed by atoms with E-state index < -0.39 is 20.2 Å². The third kappa shape index (κ3) is 5.76. The van der Waals surface area contributed by atoms with E-state index in [4.69, 9.17) is 10.8 Å². The maximum atomic E-state index is 11.4. The Morgan fingerprint density at radius 3 is 2.57 bits per heavy atom. The second kappa shape index (κ2) is 7.70. The molecule has 1 aromatic carbocycles. The molecule has 0 aliphatic carbocycles. The predicted octanol–water partition coefficient (Wildman–Crippen LogP) is 4.73. The van der Waals surface area contributed by atoms with E-state index in [1.165, 1.54) is 0 Å². The molecule has 23 heavy (non-hydrogen) atoms. The average molecular weight is 333 g/mol. The fourth-order valence-corrected chi connectivity index (χ4v) is 3.06. The number of hydrogen-bond donors (Lipinski definition) is 1. The first kappa shape index (κ1) is 19.3. The average Bonchev–Trinajstić information content (AvgIpc) is 2.41. The van der Waals surface area contributed by atoms with Crippen molar-refractivity contribution in [2.45, 2.75) is 58.2 Å². The first-order valence-electron chi connectivity index (χ1n) is 8.01. The summed E-state index contributed by atoms with van der Waals surface area (Å²) in [5, 5.41) is 9.46. The topological polar surface area (TPSA) is 46.5 Å². The molecule has 1 N–H and O–H groups in total. The highest BCUT2D eigenvalue weighted by Crippen LogP contribution is 2.37. The Morgan fingerprint density at radius 2 is 2.04 bits per heavy atom. The van der Waals surface area contributed by atoms with Crippen LogP contribution >= 0.6 is 0 Å². The summed E-state index contributed by atoms with van der Waals surface area (Å²) in [5.74, 6) is 2.10. The largest absolute Gasteiger partial charge is 0.543 e. The van der Waals surface area contributed by atoms with Crippen LogP contribution in [0.2, 0.25) is 18.1 Å². The van der Waals surface area contributed by atoms with Gasteiger partial charge in [-0.25, -0.2) is 0 Å². The Morgan fingerprint density at radius 1 is 1.39 bits per heavy atom. The fourth-order valence-electron chi connectivity index (χ4n) is 2.04. The Kier molecular flexibility index (Phi) is 6.46. The molecular formula is C19H28O3Si. The van der Waals surface area contributed by atoms with Gasteiger partial charge in [0.05, 0.1) is 5.92 Å². The SMILES string of the molecule is C#CCC[C@H](Cc1cccc(O[Si](C)(C)C(C)(C)C)c1)C(=O)O. The lowest BCUT2D eigenvalue weighted by atomic mass is 9.95. The van der Waals surface area contributed by atoms with E-state index in [0.29, 0.717) is 19.3 Å². The van der Waals surface area contributed by atoms with Crippen molar-refractivity contribution in [2.24, 2.45) is 5.92 Å². The molecule has 1 rings (SSSR count). The van der Waals surface area contributed by atoms with Gasteiger partial charge in [0.25, 0.3) is 0 Å². The highest BCUT2D eigenvalue weighted by molar-refractivity contribution is 6.74. The molecular weight excluding hydrogens is 304 g/mol. The van der Waals surface area contributed by atoms with Gasteiger partial charge in [-0.1, -0.05) is 32.9 Å². The number of rotatable bonds is 7. The van der Waals surface area contributed by atoms with Crippen LogP contribution in [0.15, 0.2) is 24.3 Å². The van der Waals surface area contributed by atoms with Crippen LogP contribution in [-0.4, -0.2) is 19.4 Å². The monoisotopic (exact) mass is 332 g/mol. The molecule has 1 atom stereocenters. The van der Waals surface area contributed by atoms with E-state index in [1.54, 1.807) is 0 Å². The van der Waals surface area contributed by atoms with E-state index in [2.05, 4.69) is 39.8 Å². The quantitative estimate of drug-likeness (QED) is 0.580. The second-order valence-electron chi connectivity index (χ2n) is 7.49. The van der Waals surface area contributed by atoms with Crippen molar-refractivity contribution in [2.75, 3.05) is 0 Å². The summed E-state index contributed by atoms with van der Waals surface area (Å²) in [4.78, 5) is 11.4. The summed E-state index contributed by atoms with van der Waals surface area (Å²) in [6.07, 6.45) is 6.71. The van der Waals surface area contributed by atoms with Gasteiger partial charge >= 0.3 is 5.97 Å². The fraction of sp³-hybridized carbons (Fsp3) is 0.526. The minimum Gasteiger partial charge on any atom is -0.543 e. The zero-order valence-corrected chi connectivity index (χ0v) is 15.8. The minimum absolute atomic E-state index is 0.124. The highest BCUT2D eigenvalue weighted by atomic mass is 28.4. The molecule has 1 aromatic rings. The Labute approximate surface area is 141 Å². The van der Waals surface area contributed by atoms with Crippen molar-refractivity contribution in [1.29, 1.82) is 0 Å². The molecule has 0 spiro atoms. The van der Waals surface area contributed by atoms with Gasteiger partial charge in [-0.05, 0) is 48.7 Å². The van der Waals surface area contributed by atoms with E-state index >= 15 is 0 Å². The molecule has 0 saturated carbocycles. The first-order valence-corrected chi connectivity index (χ1v) is 10.9. The number of terminal acetylenes is 1. The summed E-state index contributed by atoms with van der Waals surface area (Å²) >= 11 is 0. The van der Waals surface area contributed by atoms with E-state index in [0.717, 1.165) is 11.3 Å². The van der Waals surface area contributed by atoms with Crippen molar-refractivity contribution in [1.82, 2.24) is 0 Å². The van der Waals surface area contributed by atoms with Gasteiger partial charge in [0.15, 0.2) is 0 Å². The second-order valence-corrected chi connectivity index (χ2v) is 12.2.